The Morgan fingerprint density at radius 3 is 2.74 bits per heavy atom. The van der Waals surface area contributed by atoms with Crippen LogP contribution in [-0.2, 0) is 0 Å². The van der Waals surface area contributed by atoms with Gasteiger partial charge in [0.2, 0.25) is 11.5 Å². The van der Waals surface area contributed by atoms with E-state index in [1.54, 1.807) is 18.3 Å². The third-order valence-electron chi connectivity index (χ3n) is 4.27. The fourth-order valence-electron chi connectivity index (χ4n) is 2.92. The van der Waals surface area contributed by atoms with Crippen LogP contribution in [0.15, 0.2) is 24.4 Å². The minimum Gasteiger partial charge on any atom is -0.392 e. The van der Waals surface area contributed by atoms with Crippen LogP contribution in [-0.4, -0.2) is 63.1 Å². The number of aliphatic hydroxyl groups excluding tert-OH is 1. The van der Waals surface area contributed by atoms with E-state index in [-0.39, 0.29) is 16.8 Å². The van der Waals surface area contributed by atoms with Crippen LogP contribution in [0.3, 0.4) is 0 Å². The van der Waals surface area contributed by atoms with Gasteiger partial charge in [-0.15, -0.1) is 0 Å². The van der Waals surface area contributed by atoms with Gasteiger partial charge in [0.1, 0.15) is 0 Å². The van der Waals surface area contributed by atoms with E-state index in [0.29, 0.717) is 31.1 Å². The van der Waals surface area contributed by atoms with E-state index in [9.17, 15) is 15.2 Å². The molecule has 3 heterocycles. The van der Waals surface area contributed by atoms with Gasteiger partial charge < -0.3 is 20.1 Å². The molecule has 0 amide bonds. The highest BCUT2D eigenvalue weighted by molar-refractivity contribution is 5.63. The topological polar surface area (TPSA) is 87.2 Å². The molecule has 23 heavy (non-hydrogen) atoms. The second-order valence-corrected chi connectivity index (χ2v) is 5.79. The summed E-state index contributed by atoms with van der Waals surface area (Å²) in [7, 11) is 0. The first kappa shape index (κ1) is 15.7. The van der Waals surface area contributed by atoms with Gasteiger partial charge in [-0.25, -0.2) is 0 Å². The Labute approximate surface area is 134 Å². The van der Waals surface area contributed by atoms with Crippen LogP contribution < -0.4 is 4.90 Å². The minimum absolute atomic E-state index is 0.0163. The quantitative estimate of drug-likeness (QED) is 0.657. The van der Waals surface area contributed by atoms with Gasteiger partial charge in [-0.3, -0.25) is 4.90 Å². The molecule has 1 atom stereocenters. The van der Waals surface area contributed by atoms with Crippen molar-refractivity contribution in [3.63, 3.8) is 0 Å². The first-order valence-electron chi connectivity index (χ1n) is 7.87. The zero-order valence-corrected chi connectivity index (χ0v) is 13.1. The summed E-state index contributed by atoms with van der Waals surface area (Å²) < 4.78 is 1.52. The molecule has 1 aliphatic heterocycles. The fourth-order valence-corrected chi connectivity index (χ4v) is 2.92. The molecule has 1 saturated heterocycles. The number of β-amino-alcohol motifs (C(OH)–C–C–N with tert-alkyl or cyclic N) is 1. The maximum Gasteiger partial charge on any atom is 0.372 e. The Kier molecular flexibility index (Phi) is 4.44. The van der Waals surface area contributed by atoms with Crippen molar-refractivity contribution >= 4 is 17.3 Å². The number of imidazole rings is 1. The molecule has 2 aromatic rings. The normalized spacial score (nSPS) is 17.6. The molecule has 1 N–H and O–H groups in total. The Morgan fingerprint density at radius 1 is 1.35 bits per heavy atom. The van der Waals surface area contributed by atoms with Crippen molar-refractivity contribution in [1.82, 2.24) is 14.3 Å². The molecular weight excluding hydrogens is 298 g/mol. The molecule has 1 fully saturated rings. The van der Waals surface area contributed by atoms with Crippen LogP contribution in [0.25, 0.3) is 5.65 Å². The molecule has 124 valence electrons. The summed E-state index contributed by atoms with van der Waals surface area (Å²) in [5, 5.41) is 21.2. The number of pyridine rings is 1. The summed E-state index contributed by atoms with van der Waals surface area (Å²) in [6.07, 6.45) is 2.08. The molecule has 0 spiro atoms. The van der Waals surface area contributed by atoms with E-state index in [0.717, 1.165) is 19.5 Å². The number of hydrogen-bond donors (Lipinski definition) is 1. The first-order chi connectivity index (χ1) is 11.1. The summed E-state index contributed by atoms with van der Waals surface area (Å²) in [6.45, 7) is 5.48. The van der Waals surface area contributed by atoms with Crippen LogP contribution in [0.2, 0.25) is 0 Å². The van der Waals surface area contributed by atoms with Gasteiger partial charge in [0.25, 0.3) is 0 Å². The van der Waals surface area contributed by atoms with Gasteiger partial charge in [0, 0.05) is 38.8 Å². The summed E-state index contributed by atoms with van der Waals surface area (Å²) in [5.41, 5.74) is 0.582. The summed E-state index contributed by atoms with van der Waals surface area (Å²) in [6, 6.07) is 5.35. The van der Waals surface area contributed by atoms with Crippen LogP contribution in [0.5, 0.6) is 0 Å². The van der Waals surface area contributed by atoms with Gasteiger partial charge in [-0.05, 0) is 17.4 Å². The van der Waals surface area contributed by atoms with Gasteiger partial charge in [0.15, 0.2) is 0 Å². The van der Waals surface area contributed by atoms with Crippen molar-refractivity contribution in [2.24, 2.45) is 0 Å². The lowest BCUT2D eigenvalue weighted by atomic mass is 10.2. The van der Waals surface area contributed by atoms with Gasteiger partial charge in [-0.2, -0.15) is 9.38 Å². The Bertz CT molecular complexity index is 693. The number of nitrogens with zero attached hydrogens (tertiary/aromatic N) is 5. The van der Waals surface area contributed by atoms with Crippen molar-refractivity contribution in [3.8, 4) is 0 Å². The number of hydrogen-bond acceptors (Lipinski definition) is 6. The molecule has 0 saturated carbocycles. The molecule has 0 unspecified atom stereocenters. The standard InChI is InChI=1S/C15H21N5O3/c1-2-12(21)11-17-7-9-18(10-8-17)14-15(20(22)23)19-6-4-3-5-13(19)16-14/h3-6,12,21H,2,7-11H2,1H3/t12-/m0/s1. The smallest absolute Gasteiger partial charge is 0.372 e. The monoisotopic (exact) mass is 319 g/mol. The van der Waals surface area contributed by atoms with Crippen molar-refractivity contribution in [2.75, 3.05) is 37.6 Å². The van der Waals surface area contributed by atoms with E-state index < -0.39 is 0 Å². The molecule has 0 bridgehead atoms. The molecule has 8 nitrogen and oxygen atoms in total. The van der Waals surface area contributed by atoms with Crippen LogP contribution >= 0.6 is 0 Å². The first-order valence-corrected chi connectivity index (χ1v) is 7.87. The summed E-state index contributed by atoms with van der Waals surface area (Å²) in [5.74, 6) is 0.444. The predicted octanol–water partition coefficient (Wildman–Crippen LogP) is 1.14. The van der Waals surface area contributed by atoms with E-state index in [2.05, 4.69) is 9.88 Å². The van der Waals surface area contributed by atoms with E-state index in [1.165, 1.54) is 4.40 Å². The highest BCUT2D eigenvalue weighted by Crippen LogP contribution is 2.29. The predicted molar refractivity (Wildman–Crippen MR) is 86.8 cm³/mol. The van der Waals surface area contributed by atoms with Gasteiger partial charge in [0.05, 0.1) is 12.3 Å². The molecule has 0 aliphatic carbocycles. The Hall–Kier alpha value is -2.19. The summed E-state index contributed by atoms with van der Waals surface area (Å²) in [4.78, 5) is 19.7. The molecule has 0 radical (unpaired) electrons. The molecule has 0 aromatic carbocycles. The average Bonchev–Trinajstić information content (AvgIpc) is 2.95. The van der Waals surface area contributed by atoms with E-state index in [4.69, 9.17) is 0 Å². The maximum atomic E-state index is 11.5. The van der Waals surface area contributed by atoms with E-state index in [1.807, 2.05) is 17.9 Å². The summed E-state index contributed by atoms with van der Waals surface area (Å²) >= 11 is 0. The molecule has 8 heteroatoms. The van der Waals surface area contributed by atoms with Gasteiger partial charge >= 0.3 is 5.82 Å². The number of aliphatic hydroxyl groups is 1. The molecule has 1 aliphatic rings. The van der Waals surface area contributed by atoms with Crippen LogP contribution in [0.4, 0.5) is 11.6 Å². The number of nitro groups is 1. The number of rotatable bonds is 5. The van der Waals surface area contributed by atoms with Crippen molar-refractivity contribution in [2.45, 2.75) is 19.4 Å². The molecular formula is C15H21N5O3. The zero-order chi connectivity index (χ0) is 16.4. The lowest BCUT2D eigenvalue weighted by Crippen LogP contribution is -2.48. The average molecular weight is 319 g/mol. The van der Waals surface area contributed by atoms with Crippen molar-refractivity contribution in [1.29, 1.82) is 0 Å². The third-order valence-corrected chi connectivity index (χ3v) is 4.27. The lowest BCUT2D eigenvalue weighted by Gasteiger charge is -2.35. The van der Waals surface area contributed by atoms with Gasteiger partial charge in [-0.1, -0.05) is 13.0 Å². The fraction of sp³-hybridized carbons (Fsp3) is 0.533. The second-order valence-electron chi connectivity index (χ2n) is 5.79. The molecule has 3 rings (SSSR count). The van der Waals surface area contributed by atoms with Crippen LogP contribution in [0, 0.1) is 10.1 Å². The highest BCUT2D eigenvalue weighted by atomic mass is 16.6. The lowest BCUT2D eigenvalue weighted by molar-refractivity contribution is -0.389. The van der Waals surface area contributed by atoms with Crippen LogP contribution in [0.1, 0.15) is 13.3 Å². The Balaban J connectivity index is 1.79. The largest absolute Gasteiger partial charge is 0.392 e. The number of anilines is 1. The maximum absolute atomic E-state index is 11.5. The van der Waals surface area contributed by atoms with Crippen molar-refractivity contribution < 1.29 is 10.0 Å². The Morgan fingerprint density at radius 2 is 2.09 bits per heavy atom. The zero-order valence-electron chi connectivity index (χ0n) is 13.1. The highest BCUT2D eigenvalue weighted by Gasteiger charge is 2.29. The SMILES string of the molecule is CC[C@H](O)CN1CCN(c2nc3ccccn3c2[N+](=O)[O-])CC1. The molecule has 2 aromatic heterocycles. The number of piperazine rings is 1. The second kappa shape index (κ2) is 6.51. The van der Waals surface area contributed by atoms with E-state index >= 15 is 0 Å². The third kappa shape index (κ3) is 3.13. The minimum atomic E-state index is -0.372. The number of fused-ring (bicyclic) bond motifs is 1. The number of aromatic nitrogens is 2. The van der Waals surface area contributed by atoms with Crippen molar-refractivity contribution in [3.05, 3.63) is 34.5 Å².